The highest BCUT2D eigenvalue weighted by Crippen LogP contribution is 2.38. The lowest BCUT2D eigenvalue weighted by molar-refractivity contribution is -0.266. The van der Waals surface area contributed by atoms with Gasteiger partial charge in [-0.3, -0.25) is 24.1 Å². The molecular weight excluding hydrogens is 1000 g/mol. The number of carbonyl (C=O) groups is 5. The van der Waals surface area contributed by atoms with Gasteiger partial charge in [-0.2, -0.15) is 0 Å². The van der Waals surface area contributed by atoms with Gasteiger partial charge in [-0.1, -0.05) is 65.8 Å². The number of hydrogen-bond acceptors (Lipinski definition) is 16. The van der Waals surface area contributed by atoms with E-state index in [0.29, 0.717) is 70.3 Å². The van der Waals surface area contributed by atoms with Gasteiger partial charge in [-0.15, -0.1) is 0 Å². The maximum Gasteiger partial charge on any atom is 0.329 e. The molecule has 14 atom stereocenters. The van der Waals surface area contributed by atoms with Crippen molar-refractivity contribution < 1.29 is 72.1 Å². The van der Waals surface area contributed by atoms with Gasteiger partial charge < -0.3 is 53.0 Å². The van der Waals surface area contributed by atoms with Gasteiger partial charge in [0.25, 0.3) is 11.7 Å². The van der Waals surface area contributed by atoms with E-state index >= 15 is 0 Å². The van der Waals surface area contributed by atoms with Crippen LogP contribution in [0, 0.1) is 35.5 Å². The normalized spacial score (nSPS) is 27.7. The lowest BCUT2D eigenvalue weighted by atomic mass is 9.78. The number of aliphatic hydroxyl groups excluding tert-OH is 1. The molecule has 3 heterocycles. The standard InChI is InChI=1S/C61H102N2O15/c1-13-14-19-41(4)52(76-33-32-71-10)38-48-23-21-46(9)61(70,78-48)58(67)59(68)63-26-16-15-20-49(63)60(69)77-53(39-50(64)42(5)35-45(8)56(66)57(73-12)55(65)44(7)34-40(2)3)43(6)36-47-22-24-51(54(37-47)72-11)75-29-18-17-25-62-27-30-74-31-28-62/h13-14,19,35,40,42-44,46-49,51-54,56-57,66,70H,15-18,20-34,36-39H2,1-12H3/b14-13+,41-19+,45-35+/t42-,43-,44-,46-,47+,48+,49?,51-,52?,53+,54-,56-,57+,61-/m1/s1. The molecule has 4 rings (SSSR count). The molecule has 17 heteroatoms. The van der Waals surface area contributed by atoms with Crippen molar-refractivity contribution in [2.45, 2.75) is 207 Å². The number of methoxy groups -OCH3 is 3. The monoisotopic (exact) mass is 1100 g/mol. The fraction of sp³-hybridized carbons (Fsp3) is 0.820. The zero-order chi connectivity index (χ0) is 57.5. The summed E-state index contributed by atoms with van der Waals surface area (Å²) in [5.74, 6) is -7.45. The molecule has 2 unspecified atom stereocenters. The minimum absolute atomic E-state index is 0.0483. The van der Waals surface area contributed by atoms with Gasteiger partial charge in [0.05, 0.1) is 50.8 Å². The molecule has 1 aliphatic carbocycles. The SMILES string of the molecule is C/C=C/C=C(\C)C(C[C@@H]1CC[C@@H](C)[C@](O)(C(=O)C(=O)N2CCCCC2C(=O)O[C@@H](CC(=O)[C@H](C)/C=C(\C)[C@@H](O)[C@@H](OC)C(=O)[C@H](C)CC(C)C)[C@H](C)C[C@@H]2CC[C@@H](OCCCCN3CCOCC3)[C@H](OC)C2)O1)OCCOC. The number of esters is 1. The molecule has 1 amide bonds. The van der Waals surface area contributed by atoms with E-state index in [9.17, 15) is 34.2 Å². The Hall–Kier alpha value is -3.23. The Morgan fingerprint density at radius 2 is 1.58 bits per heavy atom. The van der Waals surface area contributed by atoms with E-state index in [1.807, 2.05) is 59.8 Å². The second kappa shape index (κ2) is 34.3. The van der Waals surface area contributed by atoms with Crippen LogP contribution in [0.25, 0.3) is 0 Å². The summed E-state index contributed by atoms with van der Waals surface area (Å²) in [5.41, 5.74) is 1.34. The van der Waals surface area contributed by atoms with E-state index in [1.165, 1.54) is 12.0 Å². The minimum atomic E-state index is -2.45. The molecule has 1 saturated carbocycles. The molecule has 0 spiro atoms. The van der Waals surface area contributed by atoms with E-state index < -0.39 is 71.8 Å². The summed E-state index contributed by atoms with van der Waals surface area (Å²) in [6.45, 7) is 22.7. The molecule has 0 aromatic carbocycles. The number of aliphatic hydroxyl groups is 2. The number of nitrogens with zero attached hydrogens (tertiary/aromatic N) is 2. The van der Waals surface area contributed by atoms with Crippen molar-refractivity contribution in [2.75, 3.05) is 80.5 Å². The van der Waals surface area contributed by atoms with Gasteiger partial charge in [0.2, 0.25) is 5.79 Å². The van der Waals surface area contributed by atoms with Crippen LogP contribution >= 0.6 is 0 Å². The number of Topliss-reactive ketones (excluding diaryl/α,β-unsaturated/α-hetero) is 3. The molecule has 17 nitrogen and oxygen atoms in total. The van der Waals surface area contributed by atoms with Crippen molar-refractivity contribution in [1.29, 1.82) is 0 Å². The maximum atomic E-state index is 14.7. The highest BCUT2D eigenvalue weighted by Gasteiger charge is 2.53. The van der Waals surface area contributed by atoms with Crippen LogP contribution in [0.4, 0.5) is 0 Å². The van der Waals surface area contributed by atoms with Crippen LogP contribution in [0.15, 0.2) is 35.5 Å². The summed E-state index contributed by atoms with van der Waals surface area (Å²) in [4.78, 5) is 75.0. The first-order valence-electron chi connectivity index (χ1n) is 29.4. The van der Waals surface area contributed by atoms with Crippen LogP contribution in [0.1, 0.15) is 152 Å². The molecule has 3 aliphatic heterocycles. The number of ketones is 3. The van der Waals surface area contributed by atoms with Crippen molar-refractivity contribution >= 4 is 29.2 Å². The lowest BCUT2D eigenvalue weighted by Crippen LogP contribution is -2.61. The molecule has 0 radical (unpaired) electrons. The van der Waals surface area contributed by atoms with Gasteiger partial charge in [0.1, 0.15) is 30.1 Å². The molecule has 0 aromatic heterocycles. The largest absolute Gasteiger partial charge is 0.460 e. The Morgan fingerprint density at radius 3 is 2.24 bits per heavy atom. The maximum absolute atomic E-state index is 14.7. The molecule has 4 aliphatic rings. The Kier molecular flexibility index (Phi) is 29.6. The average Bonchev–Trinajstić information content (AvgIpc) is 3.43. The zero-order valence-corrected chi connectivity index (χ0v) is 49.8. The van der Waals surface area contributed by atoms with Crippen molar-refractivity contribution in [3.05, 3.63) is 35.5 Å². The minimum Gasteiger partial charge on any atom is -0.460 e. The molecule has 446 valence electrons. The van der Waals surface area contributed by atoms with Crippen molar-refractivity contribution in [1.82, 2.24) is 9.80 Å². The third-order valence-corrected chi connectivity index (χ3v) is 16.7. The Balaban J connectivity index is 1.53. The number of likely N-dealkylation sites (tertiary alicyclic amines) is 1. The van der Waals surface area contributed by atoms with Crippen molar-refractivity contribution in [3.63, 3.8) is 0 Å². The van der Waals surface area contributed by atoms with Crippen LogP contribution in [-0.2, 0) is 61.9 Å². The zero-order valence-electron chi connectivity index (χ0n) is 49.8. The molecular formula is C61H102N2O15. The fourth-order valence-electron chi connectivity index (χ4n) is 11.8. The van der Waals surface area contributed by atoms with Gasteiger partial charge in [0.15, 0.2) is 5.78 Å². The number of allylic oxidation sites excluding steroid dienone is 4. The van der Waals surface area contributed by atoms with E-state index in [1.54, 1.807) is 41.1 Å². The number of piperidine rings is 1. The van der Waals surface area contributed by atoms with Crippen LogP contribution in [0.5, 0.6) is 0 Å². The quantitative estimate of drug-likeness (QED) is 0.0211. The Morgan fingerprint density at radius 1 is 0.846 bits per heavy atom. The van der Waals surface area contributed by atoms with Crippen LogP contribution in [0.2, 0.25) is 0 Å². The highest BCUT2D eigenvalue weighted by molar-refractivity contribution is 6.39. The summed E-state index contributed by atoms with van der Waals surface area (Å²) in [6.07, 6.45) is 11.0. The van der Waals surface area contributed by atoms with Crippen molar-refractivity contribution in [2.24, 2.45) is 35.5 Å². The average molecular weight is 1100 g/mol. The number of rotatable bonds is 33. The molecule has 3 saturated heterocycles. The third-order valence-electron chi connectivity index (χ3n) is 16.7. The Labute approximate surface area is 467 Å². The molecule has 78 heavy (non-hydrogen) atoms. The number of amides is 1. The van der Waals surface area contributed by atoms with Gasteiger partial charge >= 0.3 is 5.97 Å². The first-order chi connectivity index (χ1) is 37.2. The van der Waals surface area contributed by atoms with E-state index in [4.69, 9.17) is 37.9 Å². The molecule has 0 aromatic rings. The summed E-state index contributed by atoms with van der Waals surface area (Å²) in [7, 11) is 4.69. The molecule has 0 bridgehead atoms. The fourth-order valence-corrected chi connectivity index (χ4v) is 11.8. The number of unbranched alkanes of at least 4 members (excludes halogenated alkanes) is 1. The Bertz CT molecular complexity index is 1950. The first kappa shape index (κ1) is 67.3. The number of ether oxygens (including phenoxy) is 8. The topological polar surface area (TPSA) is 206 Å². The van der Waals surface area contributed by atoms with Crippen LogP contribution < -0.4 is 0 Å². The van der Waals surface area contributed by atoms with E-state index in [2.05, 4.69) is 4.90 Å². The third kappa shape index (κ3) is 20.3. The predicted octanol–water partition coefficient (Wildman–Crippen LogP) is 7.80. The van der Waals surface area contributed by atoms with E-state index in [0.717, 1.165) is 70.5 Å². The summed E-state index contributed by atoms with van der Waals surface area (Å²) in [6, 6.07) is -1.15. The molecule has 2 N–H and O–H groups in total. The van der Waals surface area contributed by atoms with Gasteiger partial charge in [-0.05, 0) is 133 Å². The second-order valence-electron chi connectivity index (χ2n) is 23.4. The number of hydrogen-bond donors (Lipinski definition) is 2. The van der Waals surface area contributed by atoms with Crippen molar-refractivity contribution in [3.8, 4) is 0 Å². The summed E-state index contributed by atoms with van der Waals surface area (Å²) in [5, 5.41) is 23.5. The van der Waals surface area contributed by atoms with Crippen LogP contribution in [0.3, 0.4) is 0 Å². The first-order valence-corrected chi connectivity index (χ1v) is 29.4. The van der Waals surface area contributed by atoms with Gasteiger partial charge in [0, 0.05) is 78.2 Å². The van der Waals surface area contributed by atoms with Gasteiger partial charge in [-0.25, -0.2) is 4.79 Å². The number of carbonyl (C=O) groups excluding carboxylic acids is 5. The lowest BCUT2D eigenvalue weighted by Gasteiger charge is -2.43. The smallest absolute Gasteiger partial charge is 0.329 e. The van der Waals surface area contributed by atoms with Crippen LogP contribution in [-0.4, -0.2) is 184 Å². The predicted molar refractivity (Wildman–Crippen MR) is 298 cm³/mol. The second-order valence-corrected chi connectivity index (χ2v) is 23.4. The summed E-state index contributed by atoms with van der Waals surface area (Å²) >= 11 is 0. The molecule has 4 fully saturated rings. The van der Waals surface area contributed by atoms with E-state index in [-0.39, 0.29) is 66.8 Å². The summed E-state index contributed by atoms with van der Waals surface area (Å²) < 4.78 is 47.5. The number of morpholine rings is 1. The highest BCUT2D eigenvalue weighted by atomic mass is 16.6.